The van der Waals surface area contributed by atoms with Crippen molar-refractivity contribution in [1.29, 1.82) is 0 Å². The Morgan fingerprint density at radius 1 is 1.21 bits per heavy atom. The Kier molecular flexibility index (Phi) is 5.07. The lowest BCUT2D eigenvalue weighted by Gasteiger charge is -2.21. The molecule has 4 nitrogen and oxygen atoms in total. The maximum atomic E-state index is 14.0. The minimum absolute atomic E-state index is 0.00178. The van der Waals surface area contributed by atoms with Crippen molar-refractivity contribution in [3.63, 3.8) is 0 Å². The number of methoxy groups -OCH3 is 1. The molecule has 2 aromatic carbocycles. The molecule has 146 valence electrons. The molecule has 0 atom stereocenters. The molecule has 0 N–H and O–H groups in total. The normalized spacial score (nSPS) is 13.0. The fraction of sp³-hybridized carbons (Fsp3) is 0.348. The van der Waals surface area contributed by atoms with E-state index in [1.165, 1.54) is 30.7 Å². The van der Waals surface area contributed by atoms with Crippen molar-refractivity contribution < 1.29 is 18.3 Å². The van der Waals surface area contributed by atoms with E-state index in [-0.39, 0.29) is 18.1 Å². The van der Waals surface area contributed by atoms with Gasteiger partial charge >= 0.3 is 0 Å². The number of carbonyl (C=O) groups excluding carboxylic acids is 1. The van der Waals surface area contributed by atoms with Crippen LogP contribution < -0.4 is 4.74 Å². The first-order valence-corrected chi connectivity index (χ1v) is 9.71. The Bertz CT molecular complexity index is 1020. The largest absolute Gasteiger partial charge is 0.494 e. The number of ether oxygens (including phenoxy) is 1. The monoisotopic (exact) mass is 381 g/mol. The highest BCUT2D eigenvalue weighted by Gasteiger charge is 2.19. The van der Waals surface area contributed by atoms with Gasteiger partial charge in [0.1, 0.15) is 5.58 Å². The smallest absolute Gasteiger partial charge is 0.227 e. The van der Waals surface area contributed by atoms with E-state index in [0.29, 0.717) is 13.1 Å². The van der Waals surface area contributed by atoms with E-state index in [4.69, 9.17) is 9.15 Å². The summed E-state index contributed by atoms with van der Waals surface area (Å²) in [5, 5.41) is 1.03. The average Bonchev–Trinajstić information content (AvgIpc) is 3.31. The molecule has 28 heavy (non-hydrogen) atoms. The number of fused-ring (bicyclic) bond motifs is 2. The number of halogens is 1. The van der Waals surface area contributed by atoms with E-state index in [2.05, 4.69) is 12.1 Å². The summed E-state index contributed by atoms with van der Waals surface area (Å²) in [5.41, 5.74) is 5.22. The second-order valence-electron chi connectivity index (χ2n) is 7.29. The van der Waals surface area contributed by atoms with Crippen LogP contribution in [0.3, 0.4) is 0 Å². The zero-order valence-electron chi connectivity index (χ0n) is 16.3. The number of amides is 1. The van der Waals surface area contributed by atoms with E-state index in [1.54, 1.807) is 23.3 Å². The first-order chi connectivity index (χ1) is 13.6. The van der Waals surface area contributed by atoms with Crippen molar-refractivity contribution in [2.45, 2.75) is 39.2 Å². The van der Waals surface area contributed by atoms with Crippen molar-refractivity contribution in [3.8, 4) is 5.75 Å². The van der Waals surface area contributed by atoms with Crippen LogP contribution in [0.4, 0.5) is 4.39 Å². The minimum atomic E-state index is -0.418. The van der Waals surface area contributed by atoms with Crippen LogP contribution in [0.15, 0.2) is 41.0 Å². The molecule has 1 aliphatic carbocycles. The third-order valence-corrected chi connectivity index (χ3v) is 5.53. The molecule has 1 heterocycles. The van der Waals surface area contributed by atoms with Gasteiger partial charge in [0, 0.05) is 24.0 Å². The molecule has 0 aliphatic heterocycles. The van der Waals surface area contributed by atoms with Crippen LogP contribution in [0.25, 0.3) is 11.0 Å². The van der Waals surface area contributed by atoms with Crippen LogP contribution in [0.1, 0.15) is 35.6 Å². The van der Waals surface area contributed by atoms with Gasteiger partial charge in [0.2, 0.25) is 5.91 Å². The van der Waals surface area contributed by atoms with Crippen LogP contribution in [-0.2, 0) is 30.6 Å². The van der Waals surface area contributed by atoms with Crippen molar-refractivity contribution in [1.82, 2.24) is 4.90 Å². The van der Waals surface area contributed by atoms with Gasteiger partial charge in [-0.05, 0) is 67.1 Å². The molecule has 1 aliphatic rings. The van der Waals surface area contributed by atoms with Crippen molar-refractivity contribution in [2.24, 2.45) is 0 Å². The molecule has 0 radical (unpaired) electrons. The number of hydrogen-bond acceptors (Lipinski definition) is 3. The molecular formula is C23H24FNO3. The summed E-state index contributed by atoms with van der Waals surface area (Å²) >= 11 is 0. The second kappa shape index (κ2) is 7.66. The highest BCUT2D eigenvalue weighted by molar-refractivity contribution is 5.88. The number of aryl methyl sites for hydroxylation is 2. The Morgan fingerprint density at radius 3 is 2.71 bits per heavy atom. The molecule has 0 unspecified atom stereocenters. The number of benzene rings is 2. The van der Waals surface area contributed by atoms with Gasteiger partial charge < -0.3 is 14.1 Å². The van der Waals surface area contributed by atoms with Crippen LogP contribution in [-0.4, -0.2) is 24.5 Å². The predicted octanol–water partition coefficient (Wildman–Crippen LogP) is 4.66. The molecule has 1 amide bonds. The lowest BCUT2D eigenvalue weighted by Crippen LogP contribution is -2.31. The molecule has 0 spiro atoms. The number of rotatable bonds is 6. The van der Waals surface area contributed by atoms with Crippen molar-refractivity contribution in [2.75, 3.05) is 13.7 Å². The third kappa shape index (κ3) is 3.49. The topological polar surface area (TPSA) is 42.7 Å². The Hall–Kier alpha value is -2.82. The van der Waals surface area contributed by atoms with Gasteiger partial charge in [0.25, 0.3) is 0 Å². The van der Waals surface area contributed by atoms with Gasteiger partial charge in [0.05, 0.1) is 19.8 Å². The summed E-state index contributed by atoms with van der Waals surface area (Å²) in [6.45, 7) is 2.84. The molecular weight excluding hydrogens is 357 g/mol. The summed E-state index contributed by atoms with van der Waals surface area (Å²) in [4.78, 5) is 14.6. The minimum Gasteiger partial charge on any atom is -0.494 e. The number of carbonyl (C=O) groups is 1. The van der Waals surface area contributed by atoms with E-state index >= 15 is 0 Å². The van der Waals surface area contributed by atoms with Crippen LogP contribution in [0, 0.1) is 5.82 Å². The SMILES string of the molecule is CCN(Cc1ccc(OC)c(F)c1)C(=O)Cc1coc2cc3c(cc12)CCC3. The second-order valence-corrected chi connectivity index (χ2v) is 7.29. The zero-order valence-corrected chi connectivity index (χ0v) is 16.3. The lowest BCUT2D eigenvalue weighted by atomic mass is 10.0. The summed E-state index contributed by atoms with van der Waals surface area (Å²) in [7, 11) is 1.44. The lowest BCUT2D eigenvalue weighted by molar-refractivity contribution is -0.130. The summed E-state index contributed by atoms with van der Waals surface area (Å²) < 4.78 is 24.6. The first kappa shape index (κ1) is 18.5. The number of hydrogen-bond donors (Lipinski definition) is 0. The van der Waals surface area contributed by atoms with Crippen LogP contribution in [0.5, 0.6) is 5.75 Å². The fourth-order valence-corrected chi connectivity index (χ4v) is 3.96. The van der Waals surface area contributed by atoms with Gasteiger partial charge in [-0.3, -0.25) is 4.79 Å². The van der Waals surface area contributed by atoms with Crippen LogP contribution in [0.2, 0.25) is 0 Å². The molecule has 0 saturated carbocycles. The zero-order chi connectivity index (χ0) is 19.7. The maximum absolute atomic E-state index is 14.0. The molecule has 3 aromatic rings. The molecule has 5 heteroatoms. The van der Waals surface area contributed by atoms with Gasteiger partial charge in [-0.2, -0.15) is 0 Å². The quantitative estimate of drug-likeness (QED) is 0.624. The number of furan rings is 1. The van der Waals surface area contributed by atoms with Gasteiger partial charge in [-0.1, -0.05) is 6.07 Å². The fourth-order valence-electron chi connectivity index (χ4n) is 3.96. The molecule has 0 bridgehead atoms. The highest BCUT2D eigenvalue weighted by atomic mass is 19.1. The summed E-state index contributed by atoms with van der Waals surface area (Å²) in [6.07, 6.45) is 5.34. The predicted molar refractivity (Wildman–Crippen MR) is 106 cm³/mol. The van der Waals surface area contributed by atoms with Gasteiger partial charge in [-0.15, -0.1) is 0 Å². The first-order valence-electron chi connectivity index (χ1n) is 9.71. The standard InChI is InChI=1S/C23H24FNO3/c1-3-25(13-15-7-8-21(27-2)20(24)9-15)23(26)12-18-14-28-22-11-17-6-4-5-16(17)10-19(18)22/h7-11,14H,3-6,12-13H2,1-2H3. The Balaban J connectivity index is 1.52. The molecule has 0 saturated heterocycles. The van der Waals surface area contributed by atoms with Gasteiger partial charge in [-0.25, -0.2) is 4.39 Å². The Labute approximate surface area is 163 Å². The van der Waals surface area contributed by atoms with Crippen molar-refractivity contribution >= 4 is 16.9 Å². The van der Waals surface area contributed by atoms with Gasteiger partial charge in [0.15, 0.2) is 11.6 Å². The van der Waals surface area contributed by atoms with E-state index < -0.39 is 5.82 Å². The van der Waals surface area contributed by atoms with Crippen molar-refractivity contribution in [3.05, 3.63) is 64.7 Å². The summed E-state index contributed by atoms with van der Waals surface area (Å²) in [5.74, 6) is -0.212. The average molecular weight is 381 g/mol. The van der Waals surface area contributed by atoms with Crippen LogP contribution >= 0.6 is 0 Å². The maximum Gasteiger partial charge on any atom is 0.227 e. The highest BCUT2D eigenvalue weighted by Crippen LogP contribution is 2.30. The summed E-state index contributed by atoms with van der Waals surface area (Å²) in [6, 6.07) is 9.09. The van der Waals surface area contributed by atoms with E-state index in [0.717, 1.165) is 34.9 Å². The Morgan fingerprint density at radius 2 is 2.00 bits per heavy atom. The number of likely N-dealkylation sites (N-methyl/N-ethyl adjacent to an activating group) is 1. The van der Waals surface area contributed by atoms with E-state index in [1.807, 2.05) is 6.92 Å². The molecule has 4 rings (SSSR count). The molecule has 0 fully saturated rings. The van der Waals surface area contributed by atoms with E-state index in [9.17, 15) is 9.18 Å². The number of nitrogens with zero attached hydrogens (tertiary/aromatic N) is 1. The third-order valence-electron chi connectivity index (χ3n) is 5.53. The molecule has 1 aromatic heterocycles.